The number of rotatable bonds is 3. The average Bonchev–Trinajstić information content (AvgIpc) is 2.43. The molecule has 2 aliphatic rings. The predicted molar refractivity (Wildman–Crippen MR) is 111 cm³/mol. The summed E-state index contributed by atoms with van der Waals surface area (Å²) in [7, 11) is 1.65. The van der Waals surface area contributed by atoms with Crippen molar-refractivity contribution in [3.8, 4) is 0 Å². The molecule has 2 rings (SSSR count). The first-order chi connectivity index (χ1) is 10.4. The minimum atomic E-state index is -1.93. The summed E-state index contributed by atoms with van der Waals surface area (Å²) in [4.78, 5) is 17.3. The van der Waals surface area contributed by atoms with Gasteiger partial charge in [-0.1, -0.05) is 0 Å². The van der Waals surface area contributed by atoms with E-state index < -0.39 is 55.5 Å². The van der Waals surface area contributed by atoms with E-state index in [2.05, 4.69) is 34.6 Å². The minimum absolute atomic E-state index is 0.472. The van der Waals surface area contributed by atoms with Gasteiger partial charge in [0.1, 0.15) is 0 Å². The van der Waals surface area contributed by atoms with Crippen molar-refractivity contribution in [3.05, 3.63) is 0 Å². The fourth-order valence-corrected chi connectivity index (χ4v) is 20.2. The third kappa shape index (κ3) is 9.71. The topological polar surface area (TPSA) is 18.5 Å². The van der Waals surface area contributed by atoms with Crippen LogP contribution in [-0.2, 0) is 7.81 Å². The maximum atomic E-state index is 5.37. The molecule has 2 nitrogen and oxygen atoms in total. The SMILES string of the molecule is COC[O][Sn]([CH3])([CH3])[CH3].[CH3][Sn]1([CH3])[CH2]CC2(C[CH2]1)C[CH2][Sn]([CH3])([CH3])[CH2]C2. The molecule has 0 saturated carbocycles. The second-order valence-corrected chi connectivity index (χ2v) is 53.8. The molecule has 0 unspecified atom stereocenters. The molecular weight excluding hydrogens is 604 g/mol. The molecule has 0 aromatic rings. The molecule has 5 heteroatoms. The number of hydrogen-bond donors (Lipinski definition) is 0. The van der Waals surface area contributed by atoms with Gasteiger partial charge in [-0.3, -0.25) is 0 Å². The molecule has 0 aliphatic carbocycles. The van der Waals surface area contributed by atoms with E-state index in [1.54, 1.807) is 50.5 Å². The van der Waals surface area contributed by atoms with Crippen LogP contribution < -0.4 is 0 Å². The summed E-state index contributed by atoms with van der Waals surface area (Å²) < 4.78 is 16.9. The number of ether oxygens (including phenoxy) is 1. The quantitative estimate of drug-likeness (QED) is 0.261. The van der Waals surface area contributed by atoms with Gasteiger partial charge in [0.15, 0.2) is 0 Å². The Morgan fingerprint density at radius 2 is 1.13 bits per heavy atom. The zero-order valence-electron chi connectivity index (χ0n) is 17.2. The predicted octanol–water partition coefficient (Wildman–Crippen LogP) is 6.42. The number of hydrogen-bond acceptors (Lipinski definition) is 2. The second kappa shape index (κ2) is 9.49. The van der Waals surface area contributed by atoms with E-state index in [0.717, 1.165) is 5.41 Å². The van der Waals surface area contributed by atoms with Gasteiger partial charge >= 0.3 is 161 Å². The van der Waals surface area contributed by atoms with Gasteiger partial charge < -0.3 is 0 Å². The van der Waals surface area contributed by atoms with Crippen LogP contribution in [0.2, 0.25) is 52.3 Å². The van der Waals surface area contributed by atoms with Crippen LogP contribution >= 0.6 is 0 Å². The monoisotopic (exact) mass is 650 g/mol. The molecule has 0 bridgehead atoms. The van der Waals surface area contributed by atoms with Crippen LogP contribution in [0, 0.1) is 5.41 Å². The second-order valence-electron chi connectivity index (χ2n) is 10.5. The Labute approximate surface area is 159 Å². The first-order valence-corrected chi connectivity index (χ1v) is 38.7. The van der Waals surface area contributed by atoms with E-state index in [-0.39, 0.29) is 0 Å². The molecule has 2 saturated heterocycles. The summed E-state index contributed by atoms with van der Waals surface area (Å²) in [5.41, 5.74) is 0.874. The van der Waals surface area contributed by atoms with Gasteiger partial charge in [-0.15, -0.1) is 0 Å². The van der Waals surface area contributed by atoms with E-state index in [1.165, 1.54) is 0 Å². The summed E-state index contributed by atoms with van der Waals surface area (Å²) >= 11 is -4.78. The van der Waals surface area contributed by atoms with E-state index in [1.807, 2.05) is 0 Å². The zero-order chi connectivity index (χ0) is 17.8. The maximum absolute atomic E-state index is 5.37. The molecule has 1 spiro atoms. The van der Waals surface area contributed by atoms with E-state index in [4.69, 9.17) is 7.81 Å². The van der Waals surface area contributed by atoms with Crippen molar-refractivity contribution in [1.82, 2.24) is 0 Å². The average molecular weight is 647 g/mol. The van der Waals surface area contributed by atoms with Crippen LogP contribution in [0.25, 0.3) is 0 Å². The van der Waals surface area contributed by atoms with E-state index in [9.17, 15) is 0 Å². The van der Waals surface area contributed by atoms with Gasteiger partial charge in [0.2, 0.25) is 0 Å². The van der Waals surface area contributed by atoms with Gasteiger partial charge in [0.25, 0.3) is 0 Å². The van der Waals surface area contributed by atoms with Crippen molar-refractivity contribution in [3.63, 3.8) is 0 Å². The standard InChI is InChI=1S/C9H16.C2H5O2.7CH3.3Sn/c1-5-9(6-2,7-3)8-4;1-4-2-3;;;;;;;;;;/h1-8H2;2H2,1H3;7*1H3;;;/q;-1;;;;;;;;;;+1. The van der Waals surface area contributed by atoms with Crippen molar-refractivity contribution in [2.75, 3.05) is 13.9 Å². The van der Waals surface area contributed by atoms with Crippen LogP contribution in [0.15, 0.2) is 0 Å². The fraction of sp³-hybridized carbons (Fsp3) is 1.00. The van der Waals surface area contributed by atoms with Gasteiger partial charge in [-0.05, 0) is 0 Å². The first kappa shape index (κ1) is 23.4. The molecule has 2 aliphatic heterocycles. The van der Waals surface area contributed by atoms with Gasteiger partial charge in [-0.25, -0.2) is 0 Å². The number of methoxy groups -OCH3 is 1. The van der Waals surface area contributed by atoms with E-state index in [0.29, 0.717) is 6.79 Å². The molecule has 0 radical (unpaired) electrons. The fourth-order valence-electron chi connectivity index (χ4n) is 3.65. The van der Waals surface area contributed by atoms with Gasteiger partial charge in [-0.2, -0.15) is 0 Å². The van der Waals surface area contributed by atoms with Crippen LogP contribution in [0.3, 0.4) is 0 Å². The van der Waals surface area contributed by atoms with Gasteiger partial charge in [0, 0.05) is 0 Å². The molecule has 0 amide bonds. The van der Waals surface area contributed by atoms with Crippen molar-refractivity contribution >= 4 is 55.5 Å². The van der Waals surface area contributed by atoms with Crippen molar-refractivity contribution in [2.45, 2.75) is 78.0 Å². The Bertz CT molecular complexity index is 312. The molecule has 0 atom stereocenters. The Hall–Kier alpha value is 2.32. The molecule has 0 aromatic heterocycles. The first-order valence-electron chi connectivity index (χ1n) is 9.52. The third-order valence-corrected chi connectivity index (χ3v) is 27.1. The Balaban J connectivity index is 0.000000284. The van der Waals surface area contributed by atoms with Gasteiger partial charge in [0.05, 0.1) is 0 Å². The molecule has 0 N–H and O–H groups in total. The van der Waals surface area contributed by atoms with Crippen LogP contribution in [0.5, 0.6) is 0 Å². The van der Waals surface area contributed by atoms with Crippen LogP contribution in [0.1, 0.15) is 25.7 Å². The zero-order valence-corrected chi connectivity index (χ0v) is 25.7. The van der Waals surface area contributed by atoms with Crippen molar-refractivity contribution < 1.29 is 7.81 Å². The van der Waals surface area contributed by atoms with Crippen LogP contribution in [0.4, 0.5) is 0 Å². The molecule has 138 valence electrons. The Morgan fingerprint density at radius 1 is 0.783 bits per heavy atom. The summed E-state index contributed by atoms with van der Waals surface area (Å²) in [6.07, 6.45) is 6.55. The van der Waals surface area contributed by atoms with Crippen molar-refractivity contribution in [2.24, 2.45) is 5.41 Å². The summed E-state index contributed by atoms with van der Waals surface area (Å²) in [5.74, 6) is 0. The summed E-state index contributed by atoms with van der Waals surface area (Å²) in [6.45, 7) is 0.472. The molecule has 2 fully saturated rings. The van der Waals surface area contributed by atoms with Crippen LogP contribution in [-0.4, -0.2) is 69.4 Å². The summed E-state index contributed by atoms with van der Waals surface area (Å²) in [5, 5.41) is 0. The molecule has 0 aromatic carbocycles. The molecular formula is C18H42O2Sn3. The third-order valence-electron chi connectivity index (χ3n) is 5.94. The summed E-state index contributed by atoms with van der Waals surface area (Å²) in [6, 6.07) is 0. The van der Waals surface area contributed by atoms with Crippen molar-refractivity contribution in [1.29, 1.82) is 0 Å². The molecule has 23 heavy (non-hydrogen) atoms. The Morgan fingerprint density at radius 3 is 1.35 bits per heavy atom. The van der Waals surface area contributed by atoms with E-state index >= 15 is 0 Å². The normalized spacial score (nSPS) is 25.6. The Kier molecular flexibility index (Phi) is 9.64. The molecule has 2 heterocycles.